The summed E-state index contributed by atoms with van der Waals surface area (Å²) in [5, 5.41) is 27.7. The van der Waals surface area contributed by atoms with Gasteiger partial charge in [0.1, 0.15) is 6.10 Å². The van der Waals surface area contributed by atoms with Crippen molar-refractivity contribution < 1.29 is 29.3 Å². The van der Waals surface area contributed by atoms with Gasteiger partial charge in [-0.1, -0.05) is 33.1 Å². The Kier molecular flexibility index (Phi) is 8.73. The first-order valence-electron chi connectivity index (χ1n) is 14.4. The molecule has 0 bridgehead atoms. The van der Waals surface area contributed by atoms with Crippen LogP contribution in [0.5, 0.6) is 0 Å². The zero-order valence-electron chi connectivity index (χ0n) is 22.8. The quantitative estimate of drug-likeness (QED) is 0.426. The number of carbonyl (C=O) groups excluding carboxylic acids is 3. The van der Waals surface area contributed by atoms with Crippen LogP contribution < -0.4 is 10.6 Å². The van der Waals surface area contributed by atoms with Gasteiger partial charge < -0.3 is 30.5 Å². The maximum absolute atomic E-state index is 13.3. The summed E-state index contributed by atoms with van der Waals surface area (Å²) in [5.41, 5.74) is -1.01. The number of hydrogen-bond donors (Lipinski definition) is 4. The molecule has 9 nitrogen and oxygen atoms in total. The highest BCUT2D eigenvalue weighted by Crippen LogP contribution is 2.61. The molecule has 4 rings (SSSR count). The van der Waals surface area contributed by atoms with Gasteiger partial charge in [0, 0.05) is 43.9 Å². The van der Waals surface area contributed by atoms with Crippen LogP contribution in [0.4, 0.5) is 4.79 Å². The Hall–Kier alpha value is -1.87. The topological polar surface area (TPSA) is 128 Å². The third-order valence-corrected chi connectivity index (χ3v) is 10.2. The molecule has 0 spiro atoms. The lowest BCUT2D eigenvalue weighted by molar-refractivity contribution is -0.187. The molecule has 0 unspecified atom stereocenters. The highest BCUT2D eigenvalue weighted by Gasteiger charge is 2.60. The highest BCUT2D eigenvalue weighted by molar-refractivity contribution is 5.77. The van der Waals surface area contributed by atoms with Gasteiger partial charge in [0.25, 0.3) is 0 Å². The fraction of sp³-hybridized carbons (Fsp3) is 0.893. The van der Waals surface area contributed by atoms with Crippen molar-refractivity contribution in [2.45, 2.75) is 116 Å². The van der Waals surface area contributed by atoms with E-state index in [0.717, 1.165) is 44.9 Å². The van der Waals surface area contributed by atoms with E-state index >= 15 is 0 Å². The number of likely N-dealkylation sites (tertiary alicyclic amines) is 1. The average molecular weight is 522 g/mol. The molecule has 9 heteroatoms. The lowest BCUT2D eigenvalue weighted by atomic mass is 9.46. The maximum atomic E-state index is 13.3. The number of fused-ring (bicyclic) bond motifs is 1. The van der Waals surface area contributed by atoms with E-state index in [0.29, 0.717) is 25.9 Å². The second-order valence-corrected chi connectivity index (χ2v) is 12.6. The van der Waals surface area contributed by atoms with Crippen molar-refractivity contribution >= 4 is 17.9 Å². The predicted molar refractivity (Wildman–Crippen MR) is 138 cm³/mol. The number of amides is 3. The first-order valence-corrected chi connectivity index (χ1v) is 14.4. The summed E-state index contributed by atoms with van der Waals surface area (Å²) in [5.74, 6) is -0.304. The van der Waals surface area contributed by atoms with Crippen LogP contribution in [0.25, 0.3) is 0 Å². The first-order chi connectivity index (χ1) is 17.6. The van der Waals surface area contributed by atoms with Crippen molar-refractivity contribution in [1.29, 1.82) is 0 Å². The van der Waals surface area contributed by atoms with Gasteiger partial charge in [0.05, 0.1) is 12.7 Å². The Morgan fingerprint density at radius 3 is 2.38 bits per heavy atom. The van der Waals surface area contributed by atoms with Crippen molar-refractivity contribution in [3.63, 3.8) is 0 Å². The molecule has 1 saturated heterocycles. The number of carbonyl (C=O) groups is 3. The Bertz CT molecular complexity index is 848. The van der Waals surface area contributed by atoms with Crippen molar-refractivity contribution in [2.75, 3.05) is 19.7 Å². The minimum absolute atomic E-state index is 0.00899. The molecule has 3 saturated carbocycles. The van der Waals surface area contributed by atoms with Crippen molar-refractivity contribution in [3.05, 3.63) is 0 Å². The van der Waals surface area contributed by atoms with Crippen LogP contribution in [0.15, 0.2) is 0 Å². The summed E-state index contributed by atoms with van der Waals surface area (Å²) < 4.78 is 5.98. The number of alkyl carbamates (subject to hydrolysis) is 1. The third-order valence-electron chi connectivity index (χ3n) is 10.2. The van der Waals surface area contributed by atoms with Gasteiger partial charge in [0.15, 0.2) is 0 Å². The van der Waals surface area contributed by atoms with Crippen molar-refractivity contribution in [2.24, 2.45) is 22.7 Å². The number of nitrogens with zero attached hydrogens (tertiary/aromatic N) is 1. The van der Waals surface area contributed by atoms with Gasteiger partial charge in [0.2, 0.25) is 11.8 Å². The van der Waals surface area contributed by atoms with E-state index in [1.54, 1.807) is 4.90 Å². The Balaban J connectivity index is 1.43. The first kappa shape index (κ1) is 28.1. The number of ether oxygens (including phenoxy) is 1. The van der Waals surface area contributed by atoms with E-state index in [1.807, 2.05) is 6.92 Å². The lowest BCUT2D eigenvalue weighted by Gasteiger charge is -2.60. The molecule has 3 aliphatic carbocycles. The molecular weight excluding hydrogens is 474 g/mol. The van der Waals surface area contributed by atoms with E-state index in [-0.39, 0.29) is 54.2 Å². The largest absolute Gasteiger partial charge is 0.446 e. The normalized spacial score (nSPS) is 38.5. The fourth-order valence-corrected chi connectivity index (χ4v) is 8.07. The van der Waals surface area contributed by atoms with Crippen LogP contribution in [-0.2, 0) is 14.3 Å². The van der Waals surface area contributed by atoms with Crippen molar-refractivity contribution in [1.82, 2.24) is 15.5 Å². The third kappa shape index (κ3) is 5.92. The molecule has 7 atom stereocenters. The molecule has 0 aromatic rings. The fourth-order valence-electron chi connectivity index (χ4n) is 8.07. The lowest BCUT2D eigenvalue weighted by Crippen LogP contribution is -2.61. The van der Waals surface area contributed by atoms with Crippen LogP contribution in [0, 0.1) is 22.7 Å². The minimum Gasteiger partial charge on any atom is -0.446 e. The number of aliphatic hydroxyl groups is 2. The van der Waals surface area contributed by atoms with E-state index in [1.165, 1.54) is 13.3 Å². The number of rotatable bonds is 6. The molecule has 4 aliphatic rings. The molecule has 1 heterocycles. The van der Waals surface area contributed by atoms with Crippen LogP contribution in [0.3, 0.4) is 0 Å². The Labute approximate surface area is 221 Å². The molecule has 0 aromatic heterocycles. The zero-order chi connectivity index (χ0) is 26.8. The summed E-state index contributed by atoms with van der Waals surface area (Å²) in [6.45, 7) is 6.63. The zero-order valence-corrected chi connectivity index (χ0v) is 22.8. The average Bonchev–Trinajstić information content (AvgIpc) is 3.32. The molecule has 1 aliphatic heterocycles. The Morgan fingerprint density at radius 1 is 0.973 bits per heavy atom. The second-order valence-electron chi connectivity index (χ2n) is 12.6. The molecule has 0 radical (unpaired) electrons. The predicted octanol–water partition coefficient (Wildman–Crippen LogP) is 2.73. The van der Waals surface area contributed by atoms with Gasteiger partial charge in [-0.15, -0.1) is 0 Å². The molecule has 4 N–H and O–H groups in total. The number of nitrogens with one attached hydrogen (secondary N) is 2. The van der Waals surface area contributed by atoms with E-state index in [4.69, 9.17) is 4.74 Å². The summed E-state index contributed by atoms with van der Waals surface area (Å²) in [6, 6.07) is 0.137. The SMILES string of the molecule is CC(=O)N[C@H]1CCN(C(=O)C[C@@H]2[C@H](O)CC[C@H]3[C@](C)(CO)[C@H](OC(=O)NC4CCCCC4)CC[C@]32C)C1. The number of aliphatic hydroxyl groups excluding tert-OH is 2. The molecule has 0 aromatic carbocycles. The Morgan fingerprint density at radius 2 is 1.70 bits per heavy atom. The van der Waals surface area contributed by atoms with Gasteiger partial charge in [-0.05, 0) is 62.2 Å². The van der Waals surface area contributed by atoms with E-state index in [2.05, 4.69) is 17.6 Å². The second kappa shape index (κ2) is 11.5. The van der Waals surface area contributed by atoms with Gasteiger partial charge in [-0.25, -0.2) is 4.79 Å². The summed E-state index contributed by atoms with van der Waals surface area (Å²) in [4.78, 5) is 39.3. The van der Waals surface area contributed by atoms with Crippen LogP contribution in [-0.4, -0.2) is 77.0 Å². The maximum Gasteiger partial charge on any atom is 0.407 e. The molecule has 210 valence electrons. The van der Waals surface area contributed by atoms with Gasteiger partial charge in [-0.3, -0.25) is 9.59 Å². The molecule has 37 heavy (non-hydrogen) atoms. The molecular formula is C28H47N3O6. The van der Waals surface area contributed by atoms with E-state index < -0.39 is 23.7 Å². The van der Waals surface area contributed by atoms with Crippen molar-refractivity contribution in [3.8, 4) is 0 Å². The summed E-state index contributed by atoms with van der Waals surface area (Å²) in [7, 11) is 0. The molecule has 3 amide bonds. The van der Waals surface area contributed by atoms with E-state index in [9.17, 15) is 24.6 Å². The van der Waals surface area contributed by atoms with Crippen LogP contribution in [0.1, 0.15) is 91.4 Å². The number of hydrogen-bond acceptors (Lipinski definition) is 6. The van der Waals surface area contributed by atoms with Gasteiger partial charge >= 0.3 is 6.09 Å². The van der Waals surface area contributed by atoms with Crippen LogP contribution in [0.2, 0.25) is 0 Å². The minimum atomic E-state index is -0.650. The monoisotopic (exact) mass is 521 g/mol. The molecule has 4 fully saturated rings. The summed E-state index contributed by atoms with van der Waals surface area (Å²) >= 11 is 0. The smallest absolute Gasteiger partial charge is 0.407 e. The highest BCUT2D eigenvalue weighted by atomic mass is 16.6. The van der Waals surface area contributed by atoms with Crippen LogP contribution >= 0.6 is 0 Å². The standard InChI is InChI=1S/C28H47N3O6/c1-18(33)29-20-12-14-31(16-20)25(35)15-21-22(34)9-10-23-27(21,2)13-11-24(28(23,3)17-32)37-26(36)30-19-7-5-4-6-8-19/h19-24,32,34H,4-17H2,1-3H3,(H,29,33)(H,30,36)/t20-,21+,22+,23+,24+,27-,28-/m0/s1. The summed E-state index contributed by atoms with van der Waals surface area (Å²) in [6.07, 6.45) is 7.59. The van der Waals surface area contributed by atoms with Gasteiger partial charge in [-0.2, -0.15) is 0 Å².